The highest BCUT2D eigenvalue weighted by Gasteiger charge is 2.33. The number of halogens is 2. The van der Waals surface area contributed by atoms with Crippen molar-refractivity contribution >= 4 is 38.9 Å². The summed E-state index contributed by atoms with van der Waals surface area (Å²) >= 11 is 5.93. The third-order valence-electron chi connectivity index (χ3n) is 5.02. The second-order valence-corrected chi connectivity index (χ2v) is 11.3. The van der Waals surface area contributed by atoms with Crippen LogP contribution in [0.15, 0.2) is 56.9 Å². The van der Waals surface area contributed by atoms with Crippen LogP contribution in [0.25, 0.3) is 11.4 Å². The Kier molecular flexibility index (Phi) is 6.35. The Morgan fingerprint density at radius 1 is 1.22 bits per heavy atom. The van der Waals surface area contributed by atoms with Crippen LogP contribution >= 0.6 is 11.6 Å². The first-order valence-corrected chi connectivity index (χ1v) is 12.5. The number of sulfone groups is 1. The van der Waals surface area contributed by atoms with Gasteiger partial charge in [0, 0.05) is 10.6 Å². The van der Waals surface area contributed by atoms with E-state index in [0.29, 0.717) is 16.0 Å². The quantitative estimate of drug-likeness (QED) is 0.519. The molecule has 3 aromatic rings. The molecule has 2 aromatic carbocycles. The van der Waals surface area contributed by atoms with Crippen molar-refractivity contribution < 1.29 is 26.9 Å². The fourth-order valence-electron chi connectivity index (χ4n) is 3.45. The third-order valence-corrected chi connectivity index (χ3v) is 6.78. The number of nitrogens with two attached hydrogens (primary N) is 1. The number of hydrogen-bond donors (Lipinski definition) is 2. The molecule has 36 heavy (non-hydrogen) atoms. The molecule has 10 nitrogen and oxygen atoms in total. The average Bonchev–Trinajstić information content (AvgIpc) is 3.25. The summed E-state index contributed by atoms with van der Waals surface area (Å²) in [4.78, 5) is 30.0. The number of anilines is 1. The van der Waals surface area contributed by atoms with Gasteiger partial charge in [-0.2, -0.15) is 4.98 Å². The van der Waals surface area contributed by atoms with E-state index in [1.165, 1.54) is 0 Å². The second kappa shape index (κ2) is 9.03. The molecule has 4 rings (SSSR count). The Hall–Kier alpha value is -3.77. The summed E-state index contributed by atoms with van der Waals surface area (Å²) in [6.45, 7) is 5.16. The molecule has 0 fully saturated rings. The molecule has 0 saturated heterocycles. The van der Waals surface area contributed by atoms with Gasteiger partial charge in [-0.1, -0.05) is 28.9 Å². The van der Waals surface area contributed by atoms with Gasteiger partial charge in [0.15, 0.2) is 0 Å². The molecule has 2 amide bonds. The van der Waals surface area contributed by atoms with Crippen molar-refractivity contribution in [1.29, 1.82) is 0 Å². The van der Waals surface area contributed by atoms with E-state index < -0.39 is 49.5 Å². The molecular formula is C23H21ClFN5O5S. The number of fused-ring (bicyclic) bond motifs is 1. The molecule has 1 aliphatic heterocycles. The van der Waals surface area contributed by atoms with Crippen molar-refractivity contribution in [2.75, 3.05) is 4.90 Å². The predicted molar refractivity (Wildman–Crippen MR) is 129 cm³/mol. The number of nitrogens with zero attached hydrogens (tertiary/aromatic N) is 3. The summed E-state index contributed by atoms with van der Waals surface area (Å²) in [5.41, 5.74) is 4.82. The number of carbonyl (C=O) groups excluding carboxylic acids is 2. The summed E-state index contributed by atoms with van der Waals surface area (Å²) in [6.07, 6.45) is 0. The zero-order valence-electron chi connectivity index (χ0n) is 19.4. The number of aromatic nitrogens is 2. The Balaban J connectivity index is 1.83. The van der Waals surface area contributed by atoms with E-state index >= 15 is 4.39 Å². The molecule has 2 heterocycles. The van der Waals surface area contributed by atoms with E-state index in [4.69, 9.17) is 21.9 Å². The van der Waals surface area contributed by atoms with E-state index in [1.807, 2.05) is 0 Å². The van der Waals surface area contributed by atoms with Crippen molar-refractivity contribution in [2.45, 2.75) is 37.8 Å². The minimum Gasteiger partial charge on any atom is -0.394 e. The zero-order valence-corrected chi connectivity index (χ0v) is 20.9. The summed E-state index contributed by atoms with van der Waals surface area (Å²) < 4.78 is 45.9. The first-order valence-electron chi connectivity index (χ1n) is 10.5. The molecular weight excluding hydrogens is 513 g/mol. The lowest BCUT2D eigenvalue weighted by molar-refractivity contribution is -0.115. The first kappa shape index (κ1) is 25.3. The monoisotopic (exact) mass is 533 g/mol. The Morgan fingerprint density at radius 2 is 1.89 bits per heavy atom. The van der Waals surface area contributed by atoms with Gasteiger partial charge < -0.3 is 20.5 Å². The van der Waals surface area contributed by atoms with Gasteiger partial charge in [0.2, 0.25) is 15.7 Å². The third kappa shape index (κ3) is 5.09. The molecule has 0 atom stereocenters. The van der Waals surface area contributed by atoms with Crippen molar-refractivity contribution in [3.63, 3.8) is 0 Å². The minimum absolute atomic E-state index is 0.0936. The van der Waals surface area contributed by atoms with E-state index in [9.17, 15) is 18.0 Å². The van der Waals surface area contributed by atoms with Gasteiger partial charge in [0.25, 0.3) is 5.91 Å². The van der Waals surface area contributed by atoms with Gasteiger partial charge in [0.05, 0.1) is 28.1 Å². The summed E-state index contributed by atoms with van der Waals surface area (Å²) in [5, 5.41) is 7.37. The topological polar surface area (TPSA) is 148 Å². The smallest absolute Gasteiger partial charge is 0.316 e. The van der Waals surface area contributed by atoms with Crippen LogP contribution in [0.2, 0.25) is 5.02 Å². The lowest BCUT2D eigenvalue weighted by Crippen LogP contribution is -2.40. The van der Waals surface area contributed by atoms with Gasteiger partial charge in [0.1, 0.15) is 11.5 Å². The van der Waals surface area contributed by atoms with Crippen LogP contribution in [0.1, 0.15) is 37.0 Å². The zero-order chi connectivity index (χ0) is 26.4. The van der Waals surface area contributed by atoms with Crippen LogP contribution in [0, 0.1) is 5.82 Å². The van der Waals surface area contributed by atoms with Crippen LogP contribution < -0.4 is 16.0 Å². The van der Waals surface area contributed by atoms with Crippen molar-refractivity contribution in [3.8, 4) is 11.4 Å². The molecule has 0 bridgehead atoms. The minimum atomic E-state index is -4.28. The van der Waals surface area contributed by atoms with E-state index in [0.717, 1.165) is 17.0 Å². The molecule has 0 unspecified atom stereocenters. The Morgan fingerprint density at radius 3 is 2.53 bits per heavy atom. The molecule has 1 aliphatic rings. The molecule has 1 aromatic heterocycles. The summed E-state index contributed by atoms with van der Waals surface area (Å²) in [6, 6.07) is 8.38. The largest absolute Gasteiger partial charge is 0.394 e. The van der Waals surface area contributed by atoms with Crippen molar-refractivity contribution in [1.82, 2.24) is 15.5 Å². The van der Waals surface area contributed by atoms with Crippen LogP contribution in [0.4, 0.5) is 10.1 Å². The summed E-state index contributed by atoms with van der Waals surface area (Å²) in [7, 11) is -4.28. The molecule has 13 heteroatoms. The van der Waals surface area contributed by atoms with Crippen LogP contribution in [0.5, 0.6) is 0 Å². The number of rotatable bonds is 4. The molecule has 3 N–H and O–H groups in total. The van der Waals surface area contributed by atoms with Crippen molar-refractivity contribution in [3.05, 3.63) is 69.8 Å². The van der Waals surface area contributed by atoms with Crippen LogP contribution in [-0.4, -0.2) is 35.9 Å². The predicted octanol–water partition coefficient (Wildman–Crippen LogP) is 3.18. The van der Waals surface area contributed by atoms with Gasteiger partial charge in [-0.05, 0) is 50.6 Å². The number of benzene rings is 2. The standard InChI is InChI=1S/C23H21ClFN5O5S/c1-23(2,3)28-20(31)21-27-19(29-35-21)14-8-17-18(9-15(14)25)36(33,34)11-16(26)22(32)30(17)10-12-4-6-13(24)7-5-12/h4-9,11H,10,26H2,1-3H3,(H,28,31). The molecule has 0 saturated carbocycles. The van der Waals surface area contributed by atoms with Gasteiger partial charge >= 0.3 is 11.8 Å². The highest BCUT2D eigenvalue weighted by Crippen LogP contribution is 2.37. The average molecular weight is 534 g/mol. The molecule has 0 aliphatic carbocycles. The fourth-order valence-corrected chi connectivity index (χ4v) is 4.87. The fraction of sp³-hybridized carbons (Fsp3) is 0.217. The number of carbonyl (C=O) groups is 2. The van der Waals surface area contributed by atoms with E-state index in [-0.39, 0.29) is 23.6 Å². The van der Waals surface area contributed by atoms with Gasteiger partial charge in [-0.3, -0.25) is 9.59 Å². The SMILES string of the molecule is CC(C)(C)NC(=O)c1nc(-c2cc3c(cc2F)S(=O)(=O)C=C(N)C(=O)N3Cc2ccc(Cl)cc2)no1. The van der Waals surface area contributed by atoms with Crippen LogP contribution in [0.3, 0.4) is 0 Å². The Bertz CT molecular complexity index is 1510. The van der Waals surface area contributed by atoms with E-state index in [2.05, 4.69) is 15.5 Å². The lowest BCUT2D eigenvalue weighted by Gasteiger charge is -2.24. The molecule has 0 radical (unpaired) electrons. The molecule has 0 spiro atoms. The second-order valence-electron chi connectivity index (χ2n) is 9.06. The normalized spacial score (nSPS) is 15.2. The van der Waals surface area contributed by atoms with Crippen molar-refractivity contribution in [2.24, 2.45) is 5.73 Å². The van der Waals surface area contributed by atoms with E-state index in [1.54, 1.807) is 45.0 Å². The Labute approximate surface area is 210 Å². The highest BCUT2D eigenvalue weighted by atomic mass is 35.5. The van der Waals surface area contributed by atoms with Crippen LogP contribution in [-0.2, 0) is 21.2 Å². The summed E-state index contributed by atoms with van der Waals surface area (Å²) in [5.74, 6) is -3.20. The number of hydrogen-bond acceptors (Lipinski definition) is 8. The maximum absolute atomic E-state index is 15.2. The highest BCUT2D eigenvalue weighted by molar-refractivity contribution is 7.94. The maximum Gasteiger partial charge on any atom is 0.316 e. The lowest BCUT2D eigenvalue weighted by atomic mass is 10.1. The first-order chi connectivity index (χ1) is 16.7. The molecule has 188 valence electrons. The van der Waals surface area contributed by atoms with Gasteiger partial charge in [-0.25, -0.2) is 12.8 Å². The number of amides is 2. The maximum atomic E-state index is 15.2. The number of nitrogens with one attached hydrogen (secondary N) is 1. The van der Waals surface area contributed by atoms with Gasteiger partial charge in [-0.15, -0.1) is 0 Å².